The van der Waals surface area contributed by atoms with Crippen LogP contribution >= 0.6 is 0 Å². The fourth-order valence-electron chi connectivity index (χ4n) is 2.37. The largest absolute Gasteiger partial charge is 0.380 e. The van der Waals surface area contributed by atoms with Gasteiger partial charge in [-0.25, -0.2) is 0 Å². The Hall–Kier alpha value is -0.120. The zero-order chi connectivity index (χ0) is 11.8. The molecule has 3 nitrogen and oxygen atoms in total. The van der Waals surface area contributed by atoms with Crippen LogP contribution in [0.4, 0.5) is 0 Å². The van der Waals surface area contributed by atoms with Crippen molar-refractivity contribution >= 4 is 0 Å². The first-order valence-corrected chi connectivity index (χ1v) is 6.76. The van der Waals surface area contributed by atoms with Crippen LogP contribution in [-0.4, -0.2) is 43.8 Å². The van der Waals surface area contributed by atoms with Gasteiger partial charge < -0.3 is 10.5 Å². The van der Waals surface area contributed by atoms with Crippen molar-refractivity contribution in [2.24, 2.45) is 11.7 Å². The van der Waals surface area contributed by atoms with E-state index in [0.717, 1.165) is 38.8 Å². The van der Waals surface area contributed by atoms with E-state index in [1.165, 1.54) is 25.8 Å². The third kappa shape index (κ3) is 5.28. The molecular formula is C13H28N2O. The lowest BCUT2D eigenvalue weighted by molar-refractivity contribution is 0.0808. The summed E-state index contributed by atoms with van der Waals surface area (Å²) in [6, 6.07) is 0.770. The third-order valence-corrected chi connectivity index (χ3v) is 3.21. The molecule has 0 bridgehead atoms. The summed E-state index contributed by atoms with van der Waals surface area (Å²) in [5.41, 5.74) is 5.56. The number of rotatable bonds is 8. The van der Waals surface area contributed by atoms with E-state index in [4.69, 9.17) is 10.5 Å². The van der Waals surface area contributed by atoms with Gasteiger partial charge in [-0.1, -0.05) is 13.8 Å². The smallest absolute Gasteiger partial charge is 0.0593 e. The highest BCUT2D eigenvalue weighted by atomic mass is 16.5. The van der Waals surface area contributed by atoms with Crippen LogP contribution in [0.3, 0.4) is 0 Å². The first-order valence-electron chi connectivity index (χ1n) is 6.76. The Labute approximate surface area is 100 Å². The van der Waals surface area contributed by atoms with E-state index in [2.05, 4.69) is 18.7 Å². The van der Waals surface area contributed by atoms with Crippen molar-refractivity contribution < 1.29 is 4.74 Å². The van der Waals surface area contributed by atoms with Crippen LogP contribution in [0.5, 0.6) is 0 Å². The van der Waals surface area contributed by atoms with Crippen LogP contribution in [0.15, 0.2) is 0 Å². The summed E-state index contributed by atoms with van der Waals surface area (Å²) >= 11 is 0. The summed E-state index contributed by atoms with van der Waals surface area (Å²) in [7, 11) is 0. The second-order valence-electron chi connectivity index (χ2n) is 5.23. The van der Waals surface area contributed by atoms with Crippen molar-refractivity contribution in [3.8, 4) is 0 Å². The number of ether oxygens (including phenoxy) is 1. The molecule has 2 N–H and O–H groups in total. The normalized spacial score (nSPS) is 22.1. The first kappa shape index (κ1) is 13.9. The molecule has 3 heteroatoms. The highest BCUT2D eigenvalue weighted by molar-refractivity contribution is 4.78. The average Bonchev–Trinajstić information content (AvgIpc) is 2.69. The molecule has 1 heterocycles. The molecule has 0 radical (unpaired) electrons. The molecule has 96 valence electrons. The molecule has 16 heavy (non-hydrogen) atoms. The second-order valence-corrected chi connectivity index (χ2v) is 5.23. The summed E-state index contributed by atoms with van der Waals surface area (Å²) in [6.45, 7) is 9.34. The van der Waals surface area contributed by atoms with Crippen LogP contribution in [-0.2, 0) is 4.74 Å². The van der Waals surface area contributed by atoms with E-state index in [-0.39, 0.29) is 0 Å². The molecular weight excluding hydrogens is 200 g/mol. The van der Waals surface area contributed by atoms with E-state index in [9.17, 15) is 0 Å². The maximum absolute atomic E-state index is 5.64. The molecule has 0 spiro atoms. The fraction of sp³-hybridized carbons (Fsp3) is 1.00. The Morgan fingerprint density at radius 1 is 1.44 bits per heavy atom. The molecule has 1 rings (SSSR count). The lowest BCUT2D eigenvalue weighted by atomic mass is 10.1. The lowest BCUT2D eigenvalue weighted by Crippen LogP contribution is -2.33. The van der Waals surface area contributed by atoms with Crippen LogP contribution in [0.1, 0.15) is 39.5 Å². The standard InChI is InChI=1S/C13H28N2O/c1-12(2)11-16-10-9-15-8-4-6-13(15)5-3-7-14/h12-13H,3-11,14H2,1-2H3. The van der Waals surface area contributed by atoms with Crippen LogP contribution in [0.2, 0.25) is 0 Å². The summed E-state index contributed by atoms with van der Waals surface area (Å²) in [6.07, 6.45) is 5.12. The number of likely N-dealkylation sites (tertiary alicyclic amines) is 1. The Kier molecular flexibility index (Phi) is 7.01. The van der Waals surface area contributed by atoms with Gasteiger partial charge in [-0.3, -0.25) is 4.90 Å². The molecule has 0 aliphatic carbocycles. The van der Waals surface area contributed by atoms with E-state index >= 15 is 0 Å². The molecule has 1 aliphatic heterocycles. The van der Waals surface area contributed by atoms with Crippen LogP contribution < -0.4 is 5.73 Å². The van der Waals surface area contributed by atoms with Gasteiger partial charge in [0.1, 0.15) is 0 Å². The molecule has 1 atom stereocenters. The molecule has 1 unspecified atom stereocenters. The van der Waals surface area contributed by atoms with Gasteiger partial charge in [0.15, 0.2) is 0 Å². The summed E-state index contributed by atoms with van der Waals surface area (Å²) in [4.78, 5) is 2.58. The Morgan fingerprint density at radius 3 is 2.94 bits per heavy atom. The average molecular weight is 228 g/mol. The first-order chi connectivity index (χ1) is 7.74. The van der Waals surface area contributed by atoms with Gasteiger partial charge in [0.2, 0.25) is 0 Å². The van der Waals surface area contributed by atoms with Gasteiger partial charge in [-0.15, -0.1) is 0 Å². The van der Waals surface area contributed by atoms with Crippen molar-refractivity contribution in [1.82, 2.24) is 4.90 Å². The van der Waals surface area contributed by atoms with E-state index in [0.29, 0.717) is 5.92 Å². The van der Waals surface area contributed by atoms with Crippen molar-refractivity contribution in [3.63, 3.8) is 0 Å². The second kappa shape index (κ2) is 8.04. The zero-order valence-electron chi connectivity index (χ0n) is 11.0. The maximum atomic E-state index is 5.64. The molecule has 1 fully saturated rings. The van der Waals surface area contributed by atoms with Gasteiger partial charge in [0.05, 0.1) is 6.61 Å². The number of nitrogens with two attached hydrogens (primary N) is 1. The lowest BCUT2D eigenvalue weighted by Gasteiger charge is -2.24. The molecule has 0 saturated carbocycles. The van der Waals surface area contributed by atoms with Crippen molar-refractivity contribution in [3.05, 3.63) is 0 Å². The predicted octanol–water partition coefficient (Wildman–Crippen LogP) is 1.86. The quantitative estimate of drug-likeness (QED) is 0.645. The van der Waals surface area contributed by atoms with E-state index in [1.54, 1.807) is 0 Å². The van der Waals surface area contributed by atoms with Gasteiger partial charge in [0, 0.05) is 19.2 Å². The van der Waals surface area contributed by atoms with Gasteiger partial charge in [-0.05, 0) is 44.7 Å². The number of hydrogen-bond acceptors (Lipinski definition) is 3. The molecule has 1 aliphatic rings. The predicted molar refractivity (Wildman–Crippen MR) is 68.5 cm³/mol. The van der Waals surface area contributed by atoms with Crippen LogP contribution in [0.25, 0.3) is 0 Å². The number of nitrogens with zero attached hydrogens (tertiary/aromatic N) is 1. The minimum atomic E-state index is 0.645. The maximum Gasteiger partial charge on any atom is 0.0593 e. The van der Waals surface area contributed by atoms with Crippen molar-refractivity contribution in [2.45, 2.75) is 45.6 Å². The minimum Gasteiger partial charge on any atom is -0.380 e. The zero-order valence-corrected chi connectivity index (χ0v) is 11.0. The summed E-state index contributed by atoms with van der Waals surface area (Å²) in [5.74, 6) is 0.645. The Morgan fingerprint density at radius 2 is 2.25 bits per heavy atom. The number of hydrogen-bond donors (Lipinski definition) is 1. The third-order valence-electron chi connectivity index (χ3n) is 3.21. The van der Waals surface area contributed by atoms with Gasteiger partial charge in [-0.2, -0.15) is 0 Å². The van der Waals surface area contributed by atoms with Gasteiger partial charge in [0.25, 0.3) is 0 Å². The van der Waals surface area contributed by atoms with E-state index < -0.39 is 0 Å². The highest BCUT2D eigenvalue weighted by Gasteiger charge is 2.23. The summed E-state index contributed by atoms with van der Waals surface area (Å²) < 4.78 is 5.64. The Balaban J connectivity index is 2.09. The minimum absolute atomic E-state index is 0.645. The van der Waals surface area contributed by atoms with Crippen molar-refractivity contribution in [1.29, 1.82) is 0 Å². The monoisotopic (exact) mass is 228 g/mol. The Bertz CT molecular complexity index is 173. The molecule has 0 aromatic rings. The van der Waals surface area contributed by atoms with Crippen LogP contribution in [0, 0.1) is 5.92 Å². The fourth-order valence-corrected chi connectivity index (χ4v) is 2.37. The molecule has 0 aromatic carbocycles. The molecule has 1 saturated heterocycles. The SMILES string of the molecule is CC(C)COCCN1CCCC1CCCN. The van der Waals surface area contributed by atoms with Gasteiger partial charge >= 0.3 is 0 Å². The van der Waals surface area contributed by atoms with Crippen molar-refractivity contribution in [2.75, 3.05) is 32.8 Å². The summed E-state index contributed by atoms with van der Waals surface area (Å²) in [5, 5.41) is 0. The molecule has 0 aromatic heterocycles. The topological polar surface area (TPSA) is 38.5 Å². The highest BCUT2D eigenvalue weighted by Crippen LogP contribution is 2.20. The van der Waals surface area contributed by atoms with E-state index in [1.807, 2.05) is 0 Å². The molecule has 0 amide bonds.